The van der Waals surface area contributed by atoms with Gasteiger partial charge in [-0.3, -0.25) is 0 Å². The minimum absolute atomic E-state index is 0.133. The van der Waals surface area contributed by atoms with Gasteiger partial charge in [0.25, 0.3) is 0 Å². The van der Waals surface area contributed by atoms with E-state index in [1.165, 1.54) is 12.8 Å². The van der Waals surface area contributed by atoms with E-state index >= 15 is 0 Å². The number of rotatable bonds is 5. The number of aromatic hydroxyl groups is 1. The molecule has 0 bridgehead atoms. The van der Waals surface area contributed by atoms with Gasteiger partial charge in [-0.15, -0.1) is 0 Å². The summed E-state index contributed by atoms with van der Waals surface area (Å²) in [4.78, 5) is 0. The number of methoxy groups -OCH3 is 1. The molecule has 0 spiro atoms. The number of aliphatic hydroxyl groups is 1. The van der Waals surface area contributed by atoms with Crippen LogP contribution in [0.4, 0.5) is 0 Å². The van der Waals surface area contributed by atoms with E-state index < -0.39 is 0 Å². The van der Waals surface area contributed by atoms with Gasteiger partial charge in [-0.1, -0.05) is 28.8 Å². The van der Waals surface area contributed by atoms with Crippen LogP contribution in [0.2, 0.25) is 0 Å². The standard InChI is InChI=1S/C15H22BrNO3/c1-20-15-6-11(12(16)7-14(15)19)8-17-13-5-3-2-4-10(13)9-18/h6-7,10,13,17-19H,2-5,8-9H2,1H3. The van der Waals surface area contributed by atoms with Crippen molar-refractivity contribution in [3.8, 4) is 11.5 Å². The fourth-order valence-electron chi connectivity index (χ4n) is 2.82. The highest BCUT2D eigenvalue weighted by Crippen LogP contribution is 2.32. The Morgan fingerprint density at radius 2 is 2.10 bits per heavy atom. The summed E-state index contributed by atoms with van der Waals surface area (Å²) in [6.45, 7) is 0.941. The zero-order valence-electron chi connectivity index (χ0n) is 11.7. The lowest BCUT2D eigenvalue weighted by Crippen LogP contribution is -2.39. The Labute approximate surface area is 128 Å². The van der Waals surface area contributed by atoms with Crippen molar-refractivity contribution in [3.05, 3.63) is 22.2 Å². The van der Waals surface area contributed by atoms with E-state index in [9.17, 15) is 10.2 Å². The van der Waals surface area contributed by atoms with Gasteiger partial charge >= 0.3 is 0 Å². The largest absolute Gasteiger partial charge is 0.504 e. The quantitative estimate of drug-likeness (QED) is 0.769. The molecular weight excluding hydrogens is 322 g/mol. The molecule has 0 heterocycles. The minimum Gasteiger partial charge on any atom is -0.504 e. The topological polar surface area (TPSA) is 61.7 Å². The number of aliphatic hydroxyl groups excluding tert-OH is 1. The Kier molecular flexibility index (Phi) is 5.69. The maximum Gasteiger partial charge on any atom is 0.160 e. The summed E-state index contributed by atoms with van der Waals surface area (Å²) in [7, 11) is 1.54. The first-order valence-electron chi connectivity index (χ1n) is 7.05. The molecule has 3 N–H and O–H groups in total. The predicted molar refractivity (Wildman–Crippen MR) is 82.0 cm³/mol. The Hall–Kier alpha value is -0.780. The molecule has 1 fully saturated rings. The lowest BCUT2D eigenvalue weighted by molar-refractivity contribution is 0.152. The number of phenolic OH excluding ortho intramolecular Hbond substituents is 1. The average Bonchev–Trinajstić information content (AvgIpc) is 2.46. The molecule has 0 amide bonds. The number of halogens is 1. The van der Waals surface area contributed by atoms with Crippen molar-refractivity contribution >= 4 is 15.9 Å². The number of ether oxygens (including phenoxy) is 1. The highest BCUT2D eigenvalue weighted by molar-refractivity contribution is 9.10. The number of hydrogen-bond acceptors (Lipinski definition) is 4. The second-order valence-corrected chi connectivity index (χ2v) is 6.18. The van der Waals surface area contributed by atoms with Crippen molar-refractivity contribution in [2.45, 2.75) is 38.3 Å². The fourth-order valence-corrected chi connectivity index (χ4v) is 3.29. The third-order valence-corrected chi connectivity index (χ3v) is 4.78. The molecule has 4 nitrogen and oxygen atoms in total. The monoisotopic (exact) mass is 343 g/mol. The van der Waals surface area contributed by atoms with E-state index in [-0.39, 0.29) is 12.4 Å². The fraction of sp³-hybridized carbons (Fsp3) is 0.600. The molecule has 0 aliphatic heterocycles. The van der Waals surface area contributed by atoms with E-state index in [2.05, 4.69) is 21.2 Å². The summed E-state index contributed by atoms with van der Waals surface area (Å²) in [5.41, 5.74) is 1.04. The van der Waals surface area contributed by atoms with Gasteiger partial charge in [-0.05, 0) is 36.5 Å². The average molecular weight is 344 g/mol. The second-order valence-electron chi connectivity index (χ2n) is 5.33. The van der Waals surface area contributed by atoms with Crippen LogP contribution in [-0.4, -0.2) is 30.0 Å². The van der Waals surface area contributed by atoms with Crippen molar-refractivity contribution in [1.29, 1.82) is 0 Å². The zero-order chi connectivity index (χ0) is 14.5. The van der Waals surface area contributed by atoms with E-state index in [4.69, 9.17) is 4.74 Å². The molecule has 1 aliphatic carbocycles. The molecular formula is C15H22BrNO3. The summed E-state index contributed by atoms with van der Waals surface area (Å²) >= 11 is 3.46. The van der Waals surface area contributed by atoms with Crippen LogP contribution in [0.3, 0.4) is 0 Å². The summed E-state index contributed by atoms with van der Waals surface area (Å²) in [6.07, 6.45) is 4.63. The summed E-state index contributed by atoms with van der Waals surface area (Å²) in [5, 5.41) is 22.7. The van der Waals surface area contributed by atoms with E-state index in [0.717, 1.165) is 22.9 Å². The molecule has 2 rings (SSSR count). The minimum atomic E-state index is 0.133. The molecule has 5 heteroatoms. The molecule has 0 radical (unpaired) electrons. The normalized spacial score (nSPS) is 22.8. The number of phenols is 1. The predicted octanol–water partition coefficient (Wildman–Crippen LogP) is 2.80. The Morgan fingerprint density at radius 1 is 1.35 bits per heavy atom. The first-order chi connectivity index (χ1) is 9.65. The molecule has 0 aromatic heterocycles. The zero-order valence-corrected chi connectivity index (χ0v) is 13.3. The first kappa shape index (κ1) is 15.6. The van der Waals surface area contributed by atoms with Gasteiger partial charge in [-0.25, -0.2) is 0 Å². The van der Waals surface area contributed by atoms with Crippen molar-refractivity contribution in [3.63, 3.8) is 0 Å². The maximum atomic E-state index is 9.70. The molecule has 1 saturated carbocycles. The Balaban J connectivity index is 2.02. The van der Waals surface area contributed by atoms with Crippen LogP contribution in [0, 0.1) is 5.92 Å². The van der Waals surface area contributed by atoms with Gasteiger partial charge < -0.3 is 20.3 Å². The van der Waals surface area contributed by atoms with Gasteiger partial charge in [-0.2, -0.15) is 0 Å². The van der Waals surface area contributed by atoms with E-state index in [1.807, 2.05) is 6.07 Å². The first-order valence-corrected chi connectivity index (χ1v) is 7.84. The summed E-state index contributed by atoms with van der Waals surface area (Å²) in [5.74, 6) is 0.961. The van der Waals surface area contributed by atoms with Gasteiger partial charge in [0.05, 0.1) is 7.11 Å². The van der Waals surface area contributed by atoms with Crippen molar-refractivity contribution in [2.75, 3.05) is 13.7 Å². The molecule has 2 unspecified atom stereocenters. The van der Waals surface area contributed by atoms with Crippen molar-refractivity contribution in [1.82, 2.24) is 5.32 Å². The third kappa shape index (κ3) is 3.65. The summed E-state index contributed by atoms with van der Waals surface area (Å²) in [6, 6.07) is 3.85. The van der Waals surface area contributed by atoms with E-state index in [0.29, 0.717) is 24.3 Å². The SMILES string of the molecule is COc1cc(CNC2CCCCC2CO)c(Br)cc1O. The molecule has 1 aromatic rings. The van der Waals surface area contributed by atoms with Crippen LogP contribution in [0.1, 0.15) is 31.2 Å². The molecule has 20 heavy (non-hydrogen) atoms. The van der Waals surface area contributed by atoms with Crippen LogP contribution >= 0.6 is 15.9 Å². The molecule has 2 atom stereocenters. The molecule has 1 aliphatic rings. The van der Waals surface area contributed by atoms with Crippen LogP contribution in [0.15, 0.2) is 16.6 Å². The number of hydrogen-bond donors (Lipinski definition) is 3. The van der Waals surface area contributed by atoms with Crippen LogP contribution < -0.4 is 10.1 Å². The molecule has 0 saturated heterocycles. The van der Waals surface area contributed by atoms with Crippen molar-refractivity contribution in [2.24, 2.45) is 5.92 Å². The molecule has 1 aromatic carbocycles. The van der Waals surface area contributed by atoms with Crippen LogP contribution in [0.25, 0.3) is 0 Å². The van der Waals surface area contributed by atoms with E-state index in [1.54, 1.807) is 13.2 Å². The third-order valence-electron chi connectivity index (χ3n) is 4.05. The number of benzene rings is 1. The van der Waals surface area contributed by atoms with Crippen LogP contribution in [-0.2, 0) is 6.54 Å². The Morgan fingerprint density at radius 3 is 2.80 bits per heavy atom. The highest BCUT2D eigenvalue weighted by atomic mass is 79.9. The summed E-state index contributed by atoms with van der Waals surface area (Å²) < 4.78 is 6.00. The Bertz CT molecular complexity index is 453. The van der Waals surface area contributed by atoms with Gasteiger partial charge in [0.15, 0.2) is 11.5 Å². The number of nitrogens with one attached hydrogen (secondary N) is 1. The second kappa shape index (κ2) is 7.29. The molecule has 112 valence electrons. The highest BCUT2D eigenvalue weighted by Gasteiger charge is 2.24. The van der Waals surface area contributed by atoms with Gasteiger partial charge in [0.1, 0.15) is 0 Å². The lowest BCUT2D eigenvalue weighted by Gasteiger charge is -2.31. The van der Waals surface area contributed by atoms with Gasteiger partial charge in [0, 0.05) is 23.7 Å². The van der Waals surface area contributed by atoms with Gasteiger partial charge in [0.2, 0.25) is 0 Å². The smallest absolute Gasteiger partial charge is 0.160 e. The van der Waals surface area contributed by atoms with Crippen molar-refractivity contribution < 1.29 is 14.9 Å². The van der Waals surface area contributed by atoms with Crippen LogP contribution in [0.5, 0.6) is 11.5 Å². The maximum absolute atomic E-state index is 9.70. The lowest BCUT2D eigenvalue weighted by atomic mass is 9.85.